The Labute approximate surface area is 117 Å². The van der Waals surface area contributed by atoms with Gasteiger partial charge in [-0.2, -0.15) is 0 Å². The second-order valence-electron chi connectivity index (χ2n) is 4.23. The Bertz CT molecular complexity index is 442. The fourth-order valence-corrected chi connectivity index (χ4v) is 2.20. The normalized spacial score (nSPS) is 19.3. The van der Waals surface area contributed by atoms with Crippen molar-refractivity contribution in [1.29, 1.82) is 0 Å². The Balaban J connectivity index is 0.00000162. The van der Waals surface area contributed by atoms with Crippen LogP contribution in [0.1, 0.15) is 17.3 Å². The summed E-state index contributed by atoms with van der Waals surface area (Å²) in [6, 6.07) is 4.13. The summed E-state index contributed by atoms with van der Waals surface area (Å²) in [6.07, 6.45) is 0. The maximum absolute atomic E-state index is 12.9. The van der Waals surface area contributed by atoms with Crippen LogP contribution in [0.4, 0.5) is 4.39 Å². The first-order valence-electron chi connectivity index (χ1n) is 5.55. The van der Waals surface area contributed by atoms with Crippen molar-refractivity contribution < 1.29 is 9.18 Å². The molecular formula is C12H15Cl2FN2O. The highest BCUT2D eigenvalue weighted by molar-refractivity contribution is 6.33. The Morgan fingerprint density at radius 2 is 2.28 bits per heavy atom. The van der Waals surface area contributed by atoms with Crippen molar-refractivity contribution in [3.8, 4) is 0 Å². The van der Waals surface area contributed by atoms with Gasteiger partial charge in [-0.15, -0.1) is 12.4 Å². The van der Waals surface area contributed by atoms with Crippen molar-refractivity contribution in [3.63, 3.8) is 0 Å². The predicted molar refractivity (Wildman–Crippen MR) is 72.0 cm³/mol. The van der Waals surface area contributed by atoms with Crippen LogP contribution in [0.3, 0.4) is 0 Å². The maximum Gasteiger partial charge on any atom is 0.255 e. The molecule has 18 heavy (non-hydrogen) atoms. The summed E-state index contributed by atoms with van der Waals surface area (Å²) in [7, 11) is 0. The third-order valence-corrected chi connectivity index (χ3v) is 3.13. The van der Waals surface area contributed by atoms with Crippen LogP contribution in [0, 0.1) is 5.82 Å². The first-order chi connectivity index (χ1) is 8.08. The van der Waals surface area contributed by atoms with E-state index in [0.29, 0.717) is 18.7 Å². The highest BCUT2D eigenvalue weighted by Gasteiger charge is 2.23. The fraction of sp³-hybridized carbons (Fsp3) is 0.417. The van der Waals surface area contributed by atoms with Gasteiger partial charge in [0.1, 0.15) is 5.82 Å². The largest absolute Gasteiger partial charge is 0.336 e. The Morgan fingerprint density at radius 3 is 2.89 bits per heavy atom. The lowest BCUT2D eigenvalue weighted by Crippen LogP contribution is -2.51. The Hall–Kier alpha value is -0.840. The highest BCUT2D eigenvalue weighted by atomic mass is 35.5. The first-order valence-corrected chi connectivity index (χ1v) is 5.93. The second kappa shape index (κ2) is 6.36. The molecule has 1 amide bonds. The van der Waals surface area contributed by atoms with E-state index < -0.39 is 5.82 Å². The van der Waals surface area contributed by atoms with Gasteiger partial charge in [0.2, 0.25) is 0 Å². The molecule has 1 aliphatic rings. The van der Waals surface area contributed by atoms with Crippen molar-refractivity contribution in [2.75, 3.05) is 19.6 Å². The number of rotatable bonds is 1. The van der Waals surface area contributed by atoms with Gasteiger partial charge in [-0.25, -0.2) is 4.39 Å². The lowest BCUT2D eigenvalue weighted by Gasteiger charge is -2.32. The van der Waals surface area contributed by atoms with Gasteiger partial charge in [0.05, 0.1) is 10.6 Å². The number of benzene rings is 1. The molecule has 0 spiro atoms. The van der Waals surface area contributed by atoms with Crippen molar-refractivity contribution in [3.05, 3.63) is 34.6 Å². The third-order valence-electron chi connectivity index (χ3n) is 2.82. The number of amides is 1. The highest BCUT2D eigenvalue weighted by Crippen LogP contribution is 2.19. The molecule has 2 rings (SSSR count). The zero-order valence-electron chi connectivity index (χ0n) is 9.95. The molecule has 6 heteroatoms. The summed E-state index contributed by atoms with van der Waals surface area (Å²) in [4.78, 5) is 13.9. The molecule has 1 heterocycles. The van der Waals surface area contributed by atoms with E-state index in [1.165, 1.54) is 18.2 Å². The molecule has 1 saturated heterocycles. The van der Waals surface area contributed by atoms with Crippen molar-refractivity contribution in [2.24, 2.45) is 0 Å². The minimum absolute atomic E-state index is 0. The number of nitrogens with one attached hydrogen (secondary N) is 1. The van der Waals surface area contributed by atoms with Crippen LogP contribution in [0.25, 0.3) is 0 Å². The van der Waals surface area contributed by atoms with E-state index in [0.717, 1.165) is 6.54 Å². The van der Waals surface area contributed by atoms with Crippen molar-refractivity contribution in [1.82, 2.24) is 10.2 Å². The average Bonchev–Trinajstić information content (AvgIpc) is 2.28. The monoisotopic (exact) mass is 292 g/mol. The summed E-state index contributed by atoms with van der Waals surface area (Å²) in [5, 5.41) is 3.42. The third kappa shape index (κ3) is 3.34. The number of nitrogens with zero attached hydrogens (tertiary/aromatic N) is 1. The van der Waals surface area contributed by atoms with Crippen LogP contribution in [0.15, 0.2) is 18.2 Å². The van der Waals surface area contributed by atoms with Gasteiger partial charge in [0.25, 0.3) is 5.91 Å². The molecule has 0 radical (unpaired) electrons. The molecule has 0 aliphatic carbocycles. The lowest BCUT2D eigenvalue weighted by molar-refractivity contribution is 0.0709. The topological polar surface area (TPSA) is 32.3 Å². The molecule has 0 saturated carbocycles. The maximum atomic E-state index is 12.9. The number of carbonyl (C=O) groups is 1. The lowest BCUT2D eigenvalue weighted by atomic mass is 10.1. The van der Waals surface area contributed by atoms with E-state index in [4.69, 9.17) is 11.6 Å². The van der Waals surface area contributed by atoms with E-state index in [1.54, 1.807) is 4.90 Å². The standard InChI is InChI=1S/C12H14ClFN2O.ClH/c1-8-7-16(5-4-15-8)12(17)10-3-2-9(14)6-11(10)13;/h2-3,6,8,15H,4-5,7H2,1H3;1H. The van der Waals surface area contributed by atoms with E-state index in [2.05, 4.69) is 5.32 Å². The first kappa shape index (κ1) is 15.2. The molecule has 3 nitrogen and oxygen atoms in total. The summed E-state index contributed by atoms with van der Waals surface area (Å²) >= 11 is 5.88. The molecule has 1 atom stereocenters. The summed E-state index contributed by atoms with van der Waals surface area (Å²) in [6.45, 7) is 4.08. The molecule has 0 aromatic heterocycles. The van der Waals surface area contributed by atoms with Crippen LogP contribution in [0.5, 0.6) is 0 Å². The number of hydrogen-bond donors (Lipinski definition) is 1. The van der Waals surface area contributed by atoms with Crippen LogP contribution in [-0.2, 0) is 0 Å². The summed E-state index contributed by atoms with van der Waals surface area (Å²) in [5.74, 6) is -0.566. The molecule has 100 valence electrons. The van der Waals surface area contributed by atoms with Crippen LogP contribution in [0.2, 0.25) is 5.02 Å². The van der Waals surface area contributed by atoms with Crippen LogP contribution < -0.4 is 5.32 Å². The SMILES string of the molecule is CC1CN(C(=O)c2ccc(F)cc2Cl)CCN1.Cl. The predicted octanol–water partition coefficient (Wildman–Crippen LogP) is 2.33. The summed E-state index contributed by atoms with van der Waals surface area (Å²) in [5.41, 5.74) is 0.363. The van der Waals surface area contributed by atoms with Gasteiger partial charge in [0, 0.05) is 25.7 Å². The van der Waals surface area contributed by atoms with Gasteiger partial charge < -0.3 is 10.2 Å². The van der Waals surface area contributed by atoms with E-state index in [1.807, 2.05) is 6.92 Å². The Morgan fingerprint density at radius 1 is 1.56 bits per heavy atom. The summed E-state index contributed by atoms with van der Waals surface area (Å²) < 4.78 is 12.9. The van der Waals surface area contributed by atoms with E-state index in [9.17, 15) is 9.18 Å². The molecule has 1 aromatic carbocycles. The van der Waals surface area contributed by atoms with Gasteiger partial charge in [-0.3, -0.25) is 4.79 Å². The van der Waals surface area contributed by atoms with Gasteiger partial charge in [0.15, 0.2) is 0 Å². The number of carbonyl (C=O) groups excluding carboxylic acids is 1. The smallest absolute Gasteiger partial charge is 0.255 e. The molecule has 1 unspecified atom stereocenters. The fourth-order valence-electron chi connectivity index (χ4n) is 1.95. The average molecular weight is 293 g/mol. The van der Waals surface area contributed by atoms with Gasteiger partial charge >= 0.3 is 0 Å². The van der Waals surface area contributed by atoms with Crippen LogP contribution in [-0.4, -0.2) is 36.5 Å². The van der Waals surface area contributed by atoms with Crippen molar-refractivity contribution in [2.45, 2.75) is 13.0 Å². The van der Waals surface area contributed by atoms with Crippen molar-refractivity contribution >= 4 is 29.9 Å². The quantitative estimate of drug-likeness (QED) is 0.862. The molecule has 0 bridgehead atoms. The zero-order valence-corrected chi connectivity index (χ0v) is 11.5. The van der Waals surface area contributed by atoms with Crippen LogP contribution >= 0.6 is 24.0 Å². The minimum Gasteiger partial charge on any atom is -0.336 e. The zero-order chi connectivity index (χ0) is 12.4. The number of halogens is 3. The molecule has 1 aromatic rings. The molecule has 1 aliphatic heterocycles. The molecular weight excluding hydrogens is 278 g/mol. The number of hydrogen-bond acceptors (Lipinski definition) is 2. The molecule has 1 N–H and O–H groups in total. The van der Waals surface area contributed by atoms with E-state index in [-0.39, 0.29) is 29.4 Å². The minimum atomic E-state index is -0.430. The van der Waals surface area contributed by atoms with Gasteiger partial charge in [-0.1, -0.05) is 11.6 Å². The Kier molecular flexibility index (Phi) is 5.38. The van der Waals surface area contributed by atoms with Gasteiger partial charge in [-0.05, 0) is 25.1 Å². The number of piperazine rings is 1. The second-order valence-corrected chi connectivity index (χ2v) is 4.64. The van der Waals surface area contributed by atoms with E-state index >= 15 is 0 Å². The molecule has 1 fully saturated rings.